The summed E-state index contributed by atoms with van der Waals surface area (Å²) in [5.41, 5.74) is 3.08. The third-order valence-corrected chi connectivity index (χ3v) is 3.54. The van der Waals surface area contributed by atoms with E-state index in [1.807, 2.05) is 0 Å². The Morgan fingerprint density at radius 3 is 2.14 bits per heavy atom. The summed E-state index contributed by atoms with van der Waals surface area (Å²) in [6.07, 6.45) is 5.28. The molecule has 1 aliphatic rings. The smallest absolute Gasteiger partial charge is 0.0432 e. The largest absolute Gasteiger partial charge is 0.310 e. The SMILES string of the molecule is CNC1(c2ccc(C)cc2)CCCC1. The van der Waals surface area contributed by atoms with Gasteiger partial charge in [-0.1, -0.05) is 42.7 Å². The standard InChI is InChI=1S/C13H19N/c1-11-5-7-12(8-6-11)13(14-2)9-3-4-10-13/h5-8,14H,3-4,9-10H2,1-2H3. The van der Waals surface area contributed by atoms with E-state index in [0.29, 0.717) is 0 Å². The van der Waals surface area contributed by atoms with E-state index >= 15 is 0 Å². The number of hydrogen-bond acceptors (Lipinski definition) is 1. The van der Waals surface area contributed by atoms with Gasteiger partial charge in [0.2, 0.25) is 0 Å². The minimum atomic E-state index is 0.272. The van der Waals surface area contributed by atoms with Crippen molar-refractivity contribution in [2.24, 2.45) is 0 Å². The summed E-state index contributed by atoms with van der Waals surface area (Å²) in [6.45, 7) is 2.14. The highest BCUT2D eigenvalue weighted by Crippen LogP contribution is 2.38. The maximum absolute atomic E-state index is 3.51. The molecule has 0 unspecified atom stereocenters. The van der Waals surface area contributed by atoms with E-state index in [-0.39, 0.29) is 5.54 Å². The van der Waals surface area contributed by atoms with Crippen LogP contribution in [0.15, 0.2) is 24.3 Å². The van der Waals surface area contributed by atoms with Crippen LogP contribution >= 0.6 is 0 Å². The molecule has 2 rings (SSSR count). The first kappa shape index (κ1) is 9.72. The molecule has 1 nitrogen and oxygen atoms in total. The van der Waals surface area contributed by atoms with Gasteiger partial charge in [-0.05, 0) is 32.4 Å². The summed E-state index contributed by atoms with van der Waals surface area (Å²) in [5, 5.41) is 3.51. The van der Waals surface area contributed by atoms with E-state index in [1.165, 1.54) is 36.8 Å². The molecule has 0 radical (unpaired) electrons. The van der Waals surface area contributed by atoms with Gasteiger partial charge in [-0.3, -0.25) is 0 Å². The van der Waals surface area contributed by atoms with Crippen molar-refractivity contribution in [1.29, 1.82) is 0 Å². The first-order chi connectivity index (χ1) is 6.77. The second-order valence-electron chi connectivity index (χ2n) is 4.41. The lowest BCUT2D eigenvalue weighted by atomic mass is 9.88. The van der Waals surface area contributed by atoms with E-state index in [2.05, 4.69) is 43.6 Å². The molecule has 0 saturated heterocycles. The lowest BCUT2D eigenvalue weighted by molar-refractivity contribution is 0.372. The van der Waals surface area contributed by atoms with E-state index < -0.39 is 0 Å². The zero-order valence-corrected chi connectivity index (χ0v) is 9.14. The van der Waals surface area contributed by atoms with Crippen LogP contribution < -0.4 is 5.32 Å². The van der Waals surface area contributed by atoms with Gasteiger partial charge in [0.15, 0.2) is 0 Å². The fourth-order valence-corrected chi connectivity index (χ4v) is 2.53. The van der Waals surface area contributed by atoms with E-state index in [1.54, 1.807) is 0 Å². The molecule has 1 heteroatoms. The number of rotatable bonds is 2. The summed E-state index contributed by atoms with van der Waals surface area (Å²) < 4.78 is 0. The summed E-state index contributed by atoms with van der Waals surface area (Å²) in [4.78, 5) is 0. The van der Waals surface area contributed by atoms with Gasteiger partial charge >= 0.3 is 0 Å². The Labute approximate surface area is 86.5 Å². The zero-order chi connectivity index (χ0) is 10.0. The van der Waals surface area contributed by atoms with Crippen molar-refractivity contribution >= 4 is 0 Å². The van der Waals surface area contributed by atoms with Gasteiger partial charge in [0.25, 0.3) is 0 Å². The summed E-state index contributed by atoms with van der Waals surface area (Å²) in [7, 11) is 2.09. The second kappa shape index (κ2) is 3.74. The molecule has 76 valence electrons. The third kappa shape index (κ3) is 1.57. The Hall–Kier alpha value is -0.820. The Morgan fingerprint density at radius 2 is 1.64 bits per heavy atom. The number of benzene rings is 1. The highest BCUT2D eigenvalue weighted by Gasteiger charge is 2.33. The molecule has 1 aliphatic carbocycles. The van der Waals surface area contributed by atoms with Crippen molar-refractivity contribution in [3.8, 4) is 0 Å². The molecule has 14 heavy (non-hydrogen) atoms. The van der Waals surface area contributed by atoms with Crippen LogP contribution in [0.5, 0.6) is 0 Å². The minimum Gasteiger partial charge on any atom is -0.310 e. The first-order valence-corrected chi connectivity index (χ1v) is 5.53. The van der Waals surface area contributed by atoms with Crippen LogP contribution in [0.25, 0.3) is 0 Å². The molecule has 1 aromatic carbocycles. The zero-order valence-electron chi connectivity index (χ0n) is 9.14. The predicted molar refractivity (Wildman–Crippen MR) is 60.4 cm³/mol. The van der Waals surface area contributed by atoms with Gasteiger partial charge in [0.05, 0.1) is 0 Å². The highest BCUT2D eigenvalue weighted by molar-refractivity contribution is 5.28. The van der Waals surface area contributed by atoms with Crippen LogP contribution in [-0.4, -0.2) is 7.05 Å². The third-order valence-electron chi connectivity index (χ3n) is 3.54. The molecular formula is C13H19N. The summed E-state index contributed by atoms with van der Waals surface area (Å²) in [6, 6.07) is 8.98. The molecule has 0 amide bonds. The summed E-state index contributed by atoms with van der Waals surface area (Å²) >= 11 is 0. The second-order valence-corrected chi connectivity index (χ2v) is 4.41. The Morgan fingerprint density at radius 1 is 1.07 bits per heavy atom. The van der Waals surface area contributed by atoms with Crippen LogP contribution in [0, 0.1) is 6.92 Å². The van der Waals surface area contributed by atoms with Gasteiger partial charge < -0.3 is 5.32 Å². The molecule has 0 aliphatic heterocycles. The molecule has 1 fully saturated rings. The Bertz CT molecular complexity index is 294. The lowest BCUT2D eigenvalue weighted by Gasteiger charge is -2.29. The number of hydrogen-bond donors (Lipinski definition) is 1. The van der Waals surface area contributed by atoms with E-state index in [4.69, 9.17) is 0 Å². The molecule has 0 atom stereocenters. The molecule has 1 aromatic rings. The molecule has 0 spiro atoms. The average molecular weight is 189 g/mol. The quantitative estimate of drug-likeness (QED) is 0.754. The average Bonchev–Trinajstić information content (AvgIpc) is 2.68. The van der Waals surface area contributed by atoms with Gasteiger partial charge in [-0.2, -0.15) is 0 Å². The van der Waals surface area contributed by atoms with Crippen LogP contribution in [0.3, 0.4) is 0 Å². The van der Waals surface area contributed by atoms with E-state index in [9.17, 15) is 0 Å². The minimum absolute atomic E-state index is 0.272. The van der Waals surface area contributed by atoms with Gasteiger partial charge in [-0.25, -0.2) is 0 Å². The van der Waals surface area contributed by atoms with Crippen LogP contribution in [-0.2, 0) is 5.54 Å². The van der Waals surface area contributed by atoms with Crippen molar-refractivity contribution < 1.29 is 0 Å². The molecule has 1 N–H and O–H groups in total. The van der Waals surface area contributed by atoms with E-state index in [0.717, 1.165) is 0 Å². The van der Waals surface area contributed by atoms with Crippen molar-refractivity contribution in [1.82, 2.24) is 5.32 Å². The maximum atomic E-state index is 3.51. The van der Waals surface area contributed by atoms with Crippen molar-refractivity contribution in [3.63, 3.8) is 0 Å². The fourth-order valence-electron chi connectivity index (χ4n) is 2.53. The topological polar surface area (TPSA) is 12.0 Å². The summed E-state index contributed by atoms with van der Waals surface area (Å²) in [5.74, 6) is 0. The van der Waals surface area contributed by atoms with Crippen molar-refractivity contribution in [2.45, 2.75) is 38.1 Å². The normalized spacial score (nSPS) is 19.9. The molecule has 0 heterocycles. The van der Waals surface area contributed by atoms with Crippen molar-refractivity contribution in [3.05, 3.63) is 35.4 Å². The number of nitrogens with one attached hydrogen (secondary N) is 1. The molecule has 1 saturated carbocycles. The van der Waals surface area contributed by atoms with Crippen LogP contribution in [0.2, 0.25) is 0 Å². The lowest BCUT2D eigenvalue weighted by Crippen LogP contribution is -2.36. The van der Waals surface area contributed by atoms with Crippen LogP contribution in [0.1, 0.15) is 36.8 Å². The van der Waals surface area contributed by atoms with Crippen molar-refractivity contribution in [2.75, 3.05) is 7.05 Å². The first-order valence-electron chi connectivity index (χ1n) is 5.53. The Kier molecular flexibility index (Phi) is 2.60. The molecule has 0 aromatic heterocycles. The molecule has 0 bridgehead atoms. The molecular weight excluding hydrogens is 170 g/mol. The monoisotopic (exact) mass is 189 g/mol. The highest BCUT2D eigenvalue weighted by atomic mass is 14.9. The maximum Gasteiger partial charge on any atom is 0.0432 e. The Balaban J connectivity index is 2.31. The number of aryl methyl sites for hydroxylation is 1. The predicted octanol–water partition coefficient (Wildman–Crippen LogP) is 2.98. The van der Waals surface area contributed by atoms with Crippen LogP contribution in [0.4, 0.5) is 0 Å². The fraction of sp³-hybridized carbons (Fsp3) is 0.538. The van der Waals surface area contributed by atoms with Gasteiger partial charge in [0, 0.05) is 5.54 Å². The van der Waals surface area contributed by atoms with Gasteiger partial charge in [-0.15, -0.1) is 0 Å². The van der Waals surface area contributed by atoms with Gasteiger partial charge in [0.1, 0.15) is 0 Å².